The normalized spacial score (nSPS) is 9.75. The Morgan fingerprint density at radius 3 is 2.88 bits per heavy atom. The van der Waals surface area contributed by atoms with Crippen LogP contribution in [0.4, 0.5) is 4.39 Å². The van der Waals surface area contributed by atoms with E-state index in [9.17, 15) is 4.39 Å². The molecule has 0 aliphatic heterocycles. The van der Waals surface area contributed by atoms with Crippen molar-refractivity contribution in [1.29, 1.82) is 0 Å². The number of hydrogen-bond acceptors (Lipinski definition) is 1. The molecule has 0 amide bonds. The molecule has 44 valence electrons. The summed E-state index contributed by atoms with van der Waals surface area (Å²) in [5.41, 5.74) is 0.491. The molecule has 1 rings (SSSR count). The molecule has 2 nitrogen and oxygen atoms in total. The Kier molecular flexibility index (Phi) is 1.62. The van der Waals surface area contributed by atoms with E-state index in [0.717, 1.165) is 0 Å². The minimum atomic E-state index is -0.499. The summed E-state index contributed by atoms with van der Waals surface area (Å²) in [5, 5.41) is 6.06. The lowest BCUT2D eigenvalue weighted by atomic mass is 10.5. The topological polar surface area (TPSA) is 28.7 Å². The molecule has 4 heteroatoms. The number of hydrogen-bond donors (Lipinski definition) is 1. The standard InChI is InChI=1S/C4H4BrFN2/c5-3-2-7-8-4(3)1-6/h2H,1H2,(H,7,8). The molecule has 0 bridgehead atoms. The summed E-state index contributed by atoms with van der Waals surface area (Å²) in [7, 11) is 0. The van der Waals surface area contributed by atoms with Gasteiger partial charge in [0.1, 0.15) is 6.67 Å². The fourth-order valence-electron chi connectivity index (χ4n) is 0.392. The molecule has 1 N–H and O–H groups in total. The number of aromatic amines is 1. The van der Waals surface area contributed by atoms with Crippen LogP contribution in [0.3, 0.4) is 0 Å². The number of H-pyrrole nitrogens is 1. The van der Waals surface area contributed by atoms with Crippen molar-refractivity contribution in [2.75, 3.05) is 0 Å². The Morgan fingerprint density at radius 2 is 2.62 bits per heavy atom. The van der Waals surface area contributed by atoms with Crippen LogP contribution in [0.1, 0.15) is 5.69 Å². The molecule has 0 aromatic carbocycles. The molecule has 0 radical (unpaired) electrons. The van der Waals surface area contributed by atoms with Gasteiger partial charge in [0, 0.05) is 0 Å². The maximum atomic E-state index is 11.7. The quantitative estimate of drug-likeness (QED) is 0.697. The van der Waals surface area contributed by atoms with E-state index in [1.165, 1.54) is 6.20 Å². The highest BCUT2D eigenvalue weighted by Gasteiger charge is 1.97. The monoisotopic (exact) mass is 178 g/mol. The van der Waals surface area contributed by atoms with Crippen molar-refractivity contribution >= 4 is 15.9 Å². The summed E-state index contributed by atoms with van der Waals surface area (Å²) in [6.07, 6.45) is 1.52. The van der Waals surface area contributed by atoms with Gasteiger partial charge < -0.3 is 0 Å². The molecule has 8 heavy (non-hydrogen) atoms. The van der Waals surface area contributed by atoms with Gasteiger partial charge in [-0.3, -0.25) is 5.10 Å². The molecule has 0 aliphatic rings. The van der Waals surface area contributed by atoms with E-state index in [0.29, 0.717) is 10.2 Å². The predicted molar refractivity (Wildman–Crippen MR) is 31.1 cm³/mol. The molecule has 0 fully saturated rings. The van der Waals surface area contributed by atoms with Crippen molar-refractivity contribution in [2.45, 2.75) is 6.67 Å². The zero-order chi connectivity index (χ0) is 5.98. The Bertz CT molecular complexity index is 174. The third kappa shape index (κ3) is 0.888. The van der Waals surface area contributed by atoms with Crippen LogP contribution in [0.15, 0.2) is 10.7 Å². The third-order valence-electron chi connectivity index (χ3n) is 0.799. The average Bonchev–Trinajstić information content (AvgIpc) is 2.14. The van der Waals surface area contributed by atoms with E-state index < -0.39 is 6.67 Å². The van der Waals surface area contributed by atoms with E-state index in [2.05, 4.69) is 26.1 Å². The van der Waals surface area contributed by atoms with Gasteiger partial charge >= 0.3 is 0 Å². The minimum Gasteiger partial charge on any atom is -0.279 e. The molecule has 0 aliphatic carbocycles. The second kappa shape index (κ2) is 2.26. The van der Waals surface area contributed by atoms with Crippen LogP contribution in [0.2, 0.25) is 0 Å². The first-order valence-electron chi connectivity index (χ1n) is 2.08. The van der Waals surface area contributed by atoms with Gasteiger partial charge in [-0.15, -0.1) is 0 Å². The van der Waals surface area contributed by atoms with Crippen LogP contribution in [0.5, 0.6) is 0 Å². The highest BCUT2D eigenvalue weighted by atomic mass is 79.9. The molecule has 0 saturated carbocycles. The fourth-order valence-corrected chi connectivity index (χ4v) is 0.689. The predicted octanol–water partition coefficient (Wildman–Crippen LogP) is 1.64. The number of nitrogens with one attached hydrogen (secondary N) is 1. The number of halogens is 2. The smallest absolute Gasteiger partial charge is 0.132 e. The van der Waals surface area contributed by atoms with Crippen molar-refractivity contribution < 1.29 is 4.39 Å². The maximum Gasteiger partial charge on any atom is 0.132 e. The second-order valence-electron chi connectivity index (χ2n) is 1.33. The Hall–Kier alpha value is -0.380. The van der Waals surface area contributed by atoms with Gasteiger partial charge in [0.15, 0.2) is 0 Å². The van der Waals surface area contributed by atoms with Crippen molar-refractivity contribution in [1.82, 2.24) is 10.2 Å². The molecule has 1 aromatic heterocycles. The van der Waals surface area contributed by atoms with Gasteiger partial charge in [0.2, 0.25) is 0 Å². The first-order valence-corrected chi connectivity index (χ1v) is 2.87. The van der Waals surface area contributed by atoms with Gasteiger partial charge in [-0.25, -0.2) is 4.39 Å². The van der Waals surface area contributed by atoms with Gasteiger partial charge in [-0.05, 0) is 15.9 Å². The van der Waals surface area contributed by atoms with Crippen LogP contribution in [-0.4, -0.2) is 10.2 Å². The maximum absolute atomic E-state index is 11.7. The fraction of sp³-hybridized carbons (Fsp3) is 0.250. The minimum absolute atomic E-state index is 0.491. The molecule has 1 heterocycles. The van der Waals surface area contributed by atoms with E-state index in [1.807, 2.05) is 0 Å². The van der Waals surface area contributed by atoms with Crippen molar-refractivity contribution in [3.05, 3.63) is 16.4 Å². The molecular formula is C4H4BrFN2. The van der Waals surface area contributed by atoms with Crippen LogP contribution in [0.25, 0.3) is 0 Å². The molecule has 0 atom stereocenters. The summed E-state index contributed by atoms with van der Waals surface area (Å²) in [5.74, 6) is 0. The lowest BCUT2D eigenvalue weighted by Gasteiger charge is -1.82. The van der Waals surface area contributed by atoms with Crippen molar-refractivity contribution in [3.8, 4) is 0 Å². The van der Waals surface area contributed by atoms with Gasteiger partial charge in [0.05, 0.1) is 16.4 Å². The summed E-state index contributed by atoms with van der Waals surface area (Å²) in [6, 6.07) is 0. The van der Waals surface area contributed by atoms with Crippen LogP contribution < -0.4 is 0 Å². The van der Waals surface area contributed by atoms with Gasteiger partial charge in [-0.1, -0.05) is 0 Å². The lowest BCUT2D eigenvalue weighted by molar-refractivity contribution is 0.474. The lowest BCUT2D eigenvalue weighted by Crippen LogP contribution is -1.76. The third-order valence-corrected chi connectivity index (χ3v) is 1.48. The molecular weight excluding hydrogens is 175 g/mol. The molecule has 1 aromatic rings. The number of alkyl halides is 1. The first kappa shape index (κ1) is 5.75. The number of rotatable bonds is 1. The largest absolute Gasteiger partial charge is 0.279 e. The second-order valence-corrected chi connectivity index (χ2v) is 2.18. The first-order chi connectivity index (χ1) is 3.84. The Morgan fingerprint density at radius 1 is 1.88 bits per heavy atom. The average molecular weight is 179 g/mol. The van der Waals surface area contributed by atoms with E-state index in [4.69, 9.17) is 0 Å². The van der Waals surface area contributed by atoms with Gasteiger partial charge in [-0.2, -0.15) is 5.10 Å². The molecule has 0 saturated heterocycles. The zero-order valence-corrected chi connectivity index (χ0v) is 5.57. The molecule has 0 unspecified atom stereocenters. The van der Waals surface area contributed by atoms with Crippen LogP contribution in [-0.2, 0) is 6.67 Å². The zero-order valence-electron chi connectivity index (χ0n) is 3.99. The van der Waals surface area contributed by atoms with Crippen molar-refractivity contribution in [2.24, 2.45) is 0 Å². The summed E-state index contributed by atoms with van der Waals surface area (Å²) in [4.78, 5) is 0. The summed E-state index contributed by atoms with van der Waals surface area (Å²) < 4.78 is 12.4. The molecule has 0 spiro atoms. The van der Waals surface area contributed by atoms with Crippen LogP contribution >= 0.6 is 15.9 Å². The Balaban J connectivity index is 2.92. The van der Waals surface area contributed by atoms with Gasteiger partial charge in [0.25, 0.3) is 0 Å². The highest BCUT2D eigenvalue weighted by Crippen LogP contribution is 2.12. The number of aromatic nitrogens is 2. The van der Waals surface area contributed by atoms with E-state index in [-0.39, 0.29) is 0 Å². The van der Waals surface area contributed by atoms with E-state index in [1.54, 1.807) is 0 Å². The van der Waals surface area contributed by atoms with Crippen molar-refractivity contribution in [3.63, 3.8) is 0 Å². The number of nitrogens with zero attached hydrogens (tertiary/aromatic N) is 1. The Labute approximate surface area is 54.2 Å². The highest BCUT2D eigenvalue weighted by molar-refractivity contribution is 9.10. The summed E-state index contributed by atoms with van der Waals surface area (Å²) in [6.45, 7) is -0.499. The SMILES string of the molecule is FCc1[nH]ncc1Br. The van der Waals surface area contributed by atoms with Crippen LogP contribution in [0, 0.1) is 0 Å². The summed E-state index contributed by atoms with van der Waals surface area (Å²) >= 11 is 3.09. The van der Waals surface area contributed by atoms with E-state index >= 15 is 0 Å².